The quantitative estimate of drug-likeness (QED) is 0.181. The minimum atomic E-state index is -1.06. The maximum absolute atomic E-state index is 12.7. The highest BCUT2D eigenvalue weighted by Gasteiger charge is 2.19. The number of carbonyl (C=O) groups is 3. The number of nitrogen functional groups attached to an aromatic ring is 1. The first kappa shape index (κ1) is 24.3. The van der Waals surface area contributed by atoms with Crippen molar-refractivity contribution in [2.24, 2.45) is 11.7 Å². The van der Waals surface area contributed by atoms with Crippen LogP contribution in [0.4, 0.5) is 0 Å². The Labute approximate surface area is 186 Å². The van der Waals surface area contributed by atoms with Gasteiger partial charge in [0.25, 0.3) is 0 Å². The maximum Gasteiger partial charge on any atom is 0.343 e. The number of amidine groups is 1. The van der Waals surface area contributed by atoms with Crippen LogP contribution in [0.2, 0.25) is 0 Å². The summed E-state index contributed by atoms with van der Waals surface area (Å²) >= 11 is 0. The molecule has 0 saturated heterocycles. The van der Waals surface area contributed by atoms with Gasteiger partial charge in [-0.1, -0.05) is 26.0 Å². The van der Waals surface area contributed by atoms with E-state index in [1.165, 1.54) is 4.90 Å². The van der Waals surface area contributed by atoms with Crippen molar-refractivity contribution in [3.63, 3.8) is 0 Å². The van der Waals surface area contributed by atoms with Crippen molar-refractivity contribution < 1.29 is 24.2 Å². The highest BCUT2D eigenvalue weighted by atomic mass is 16.5. The lowest BCUT2D eigenvalue weighted by Gasteiger charge is -2.23. The molecule has 2 aromatic rings. The van der Waals surface area contributed by atoms with Crippen molar-refractivity contribution in [1.82, 2.24) is 4.90 Å². The molecule has 0 radical (unpaired) electrons. The Morgan fingerprint density at radius 1 is 1.06 bits per heavy atom. The van der Waals surface area contributed by atoms with Crippen molar-refractivity contribution in [2.75, 3.05) is 13.1 Å². The Morgan fingerprint density at radius 2 is 1.62 bits per heavy atom. The lowest BCUT2D eigenvalue weighted by molar-refractivity contribution is -0.143. The van der Waals surface area contributed by atoms with Crippen molar-refractivity contribution in [2.45, 2.75) is 20.8 Å². The number of benzene rings is 2. The summed E-state index contributed by atoms with van der Waals surface area (Å²) in [6.45, 7) is 5.44. The summed E-state index contributed by atoms with van der Waals surface area (Å²) < 4.78 is 5.32. The first-order chi connectivity index (χ1) is 15.1. The van der Waals surface area contributed by atoms with Crippen molar-refractivity contribution in [3.05, 3.63) is 70.8 Å². The van der Waals surface area contributed by atoms with Gasteiger partial charge in [0.15, 0.2) is 0 Å². The molecule has 32 heavy (non-hydrogen) atoms. The Balaban J connectivity index is 2.08. The van der Waals surface area contributed by atoms with Crippen LogP contribution >= 0.6 is 0 Å². The number of nitrogens with zero attached hydrogens (tertiary/aromatic N) is 1. The zero-order valence-corrected chi connectivity index (χ0v) is 18.3. The van der Waals surface area contributed by atoms with Crippen molar-refractivity contribution in [1.29, 1.82) is 5.41 Å². The second-order valence-corrected chi connectivity index (χ2v) is 7.75. The molecule has 8 heteroatoms. The van der Waals surface area contributed by atoms with Gasteiger partial charge in [0, 0.05) is 17.7 Å². The van der Waals surface area contributed by atoms with E-state index in [9.17, 15) is 14.4 Å². The van der Waals surface area contributed by atoms with Gasteiger partial charge in [-0.3, -0.25) is 15.0 Å². The highest BCUT2D eigenvalue weighted by molar-refractivity contribution is 5.99. The van der Waals surface area contributed by atoms with Crippen LogP contribution < -0.4 is 10.5 Å². The van der Waals surface area contributed by atoms with Crippen molar-refractivity contribution >= 4 is 29.8 Å². The molecule has 0 spiro atoms. The smallest absolute Gasteiger partial charge is 0.343 e. The topological polar surface area (TPSA) is 134 Å². The maximum atomic E-state index is 12.7. The third-order valence-corrected chi connectivity index (χ3v) is 4.44. The summed E-state index contributed by atoms with van der Waals surface area (Å²) in [5.74, 6) is -1.57. The molecule has 1 amide bonds. The van der Waals surface area contributed by atoms with Gasteiger partial charge in [-0.25, -0.2) is 4.79 Å². The number of aliphatic carboxylic acids is 1. The van der Waals surface area contributed by atoms with Crippen LogP contribution in [0.25, 0.3) is 6.08 Å². The third kappa shape index (κ3) is 7.09. The van der Waals surface area contributed by atoms with Gasteiger partial charge >= 0.3 is 11.9 Å². The largest absolute Gasteiger partial charge is 0.480 e. The van der Waals surface area contributed by atoms with Gasteiger partial charge in [0.2, 0.25) is 5.91 Å². The fourth-order valence-corrected chi connectivity index (χ4v) is 2.97. The summed E-state index contributed by atoms with van der Waals surface area (Å²) in [4.78, 5) is 37.4. The molecule has 4 N–H and O–H groups in total. The van der Waals surface area contributed by atoms with Gasteiger partial charge < -0.3 is 20.5 Å². The molecule has 0 aliphatic heterocycles. The number of ether oxygens (including phenoxy) is 1. The number of rotatable bonds is 9. The summed E-state index contributed by atoms with van der Waals surface area (Å²) in [6.07, 6.45) is 1.65. The van der Waals surface area contributed by atoms with E-state index in [1.807, 2.05) is 13.8 Å². The molecular formula is C24H27N3O5. The predicted molar refractivity (Wildman–Crippen MR) is 122 cm³/mol. The summed E-state index contributed by atoms with van der Waals surface area (Å²) in [5, 5.41) is 16.4. The zero-order valence-electron chi connectivity index (χ0n) is 18.3. The van der Waals surface area contributed by atoms with Crippen LogP contribution in [0.5, 0.6) is 5.75 Å². The molecule has 0 saturated carbocycles. The first-order valence-electron chi connectivity index (χ1n) is 10.0. The molecule has 0 aliphatic rings. The van der Waals surface area contributed by atoms with Crippen LogP contribution in [0.15, 0.2) is 54.1 Å². The van der Waals surface area contributed by atoms with E-state index in [0.29, 0.717) is 34.6 Å². The zero-order chi connectivity index (χ0) is 23.8. The molecule has 0 heterocycles. The molecule has 0 unspecified atom stereocenters. The normalized spacial score (nSPS) is 11.2. The van der Waals surface area contributed by atoms with Gasteiger partial charge in [0.05, 0.1) is 5.56 Å². The van der Waals surface area contributed by atoms with Gasteiger partial charge in [-0.15, -0.1) is 0 Å². The molecule has 0 aromatic heterocycles. The van der Waals surface area contributed by atoms with Gasteiger partial charge in [-0.05, 0) is 60.9 Å². The average molecular weight is 437 g/mol. The molecule has 0 atom stereocenters. The molecule has 2 aromatic carbocycles. The highest BCUT2D eigenvalue weighted by Crippen LogP contribution is 2.16. The number of nitrogens with one attached hydrogen (secondary N) is 1. The number of carboxylic acids is 1. The summed E-state index contributed by atoms with van der Waals surface area (Å²) in [6, 6.07) is 12.8. The number of hydrogen-bond donors (Lipinski definition) is 3. The monoisotopic (exact) mass is 437 g/mol. The third-order valence-electron chi connectivity index (χ3n) is 4.44. The van der Waals surface area contributed by atoms with Crippen LogP contribution in [-0.2, 0) is 9.59 Å². The van der Waals surface area contributed by atoms with Crippen molar-refractivity contribution in [3.8, 4) is 5.75 Å². The Bertz CT molecular complexity index is 1020. The molecule has 0 aliphatic carbocycles. The number of carboxylic acid groups (broad SMARTS) is 1. The van der Waals surface area contributed by atoms with E-state index in [2.05, 4.69) is 0 Å². The van der Waals surface area contributed by atoms with E-state index in [-0.39, 0.29) is 24.2 Å². The standard InChI is InChI=1S/C24H27N3O5/c1-15(2)13-27(14-21(28)29)23(30)16(3)12-17-4-6-19(7-5-17)24(31)32-20-10-8-18(9-11-20)22(25)26/h4-12,15H,13-14H2,1-3H3,(H3,25,26)(H,28,29). The molecular weight excluding hydrogens is 410 g/mol. The molecule has 8 nitrogen and oxygen atoms in total. The fraction of sp³-hybridized carbons (Fsp3) is 0.250. The van der Waals surface area contributed by atoms with Gasteiger partial charge in [0.1, 0.15) is 18.1 Å². The Hall–Kier alpha value is -3.94. The first-order valence-corrected chi connectivity index (χ1v) is 10.0. The second-order valence-electron chi connectivity index (χ2n) is 7.75. The lowest BCUT2D eigenvalue weighted by Crippen LogP contribution is -2.38. The Morgan fingerprint density at radius 3 is 2.12 bits per heavy atom. The van der Waals surface area contributed by atoms with Gasteiger partial charge in [-0.2, -0.15) is 0 Å². The second kappa shape index (κ2) is 10.9. The number of esters is 1. The number of amides is 1. The Kier molecular flexibility index (Phi) is 8.29. The SMILES string of the molecule is CC(=Cc1ccc(C(=O)Oc2ccc(C(=N)N)cc2)cc1)C(=O)N(CC(=O)O)CC(C)C. The molecule has 0 bridgehead atoms. The molecule has 2 rings (SSSR count). The van der Waals surface area contributed by atoms with Crippen LogP contribution in [0.3, 0.4) is 0 Å². The number of nitrogens with two attached hydrogens (primary N) is 1. The molecule has 0 fully saturated rings. The predicted octanol–water partition coefficient (Wildman–Crippen LogP) is 3.16. The van der Waals surface area contributed by atoms with E-state index in [1.54, 1.807) is 61.5 Å². The van der Waals surface area contributed by atoms with E-state index in [0.717, 1.165) is 0 Å². The minimum Gasteiger partial charge on any atom is -0.480 e. The minimum absolute atomic E-state index is 0.0735. The fourth-order valence-electron chi connectivity index (χ4n) is 2.97. The number of hydrogen-bond acceptors (Lipinski definition) is 5. The summed E-state index contributed by atoms with van der Waals surface area (Å²) in [7, 11) is 0. The lowest BCUT2D eigenvalue weighted by atomic mass is 10.1. The van der Waals surface area contributed by atoms with E-state index in [4.69, 9.17) is 21.0 Å². The van der Waals surface area contributed by atoms with Crippen LogP contribution in [0.1, 0.15) is 42.3 Å². The number of carbonyl (C=O) groups excluding carboxylic acids is 2. The van der Waals surface area contributed by atoms with Crippen LogP contribution in [-0.4, -0.2) is 46.8 Å². The van der Waals surface area contributed by atoms with E-state index >= 15 is 0 Å². The average Bonchev–Trinajstić information content (AvgIpc) is 2.72. The molecule has 168 valence electrons. The van der Waals surface area contributed by atoms with E-state index < -0.39 is 11.9 Å². The van der Waals surface area contributed by atoms with Crippen LogP contribution in [0, 0.1) is 11.3 Å². The summed E-state index contributed by atoms with van der Waals surface area (Å²) in [5.41, 5.74) is 7.35.